The van der Waals surface area contributed by atoms with Crippen molar-refractivity contribution in [1.29, 1.82) is 0 Å². The summed E-state index contributed by atoms with van der Waals surface area (Å²) in [5.41, 5.74) is 1.66. The molecule has 0 aliphatic carbocycles. The van der Waals surface area contributed by atoms with Gasteiger partial charge in [-0.1, -0.05) is 53.0 Å². The maximum Gasteiger partial charge on any atom is 0.225 e. The highest BCUT2D eigenvalue weighted by Crippen LogP contribution is 2.21. The third-order valence-corrected chi connectivity index (χ3v) is 4.18. The van der Waals surface area contributed by atoms with Gasteiger partial charge in [-0.2, -0.15) is 0 Å². The number of hydrogen-bond acceptors (Lipinski definition) is 2. The molecule has 2 rings (SSSR count). The van der Waals surface area contributed by atoms with Gasteiger partial charge in [0.2, 0.25) is 5.91 Å². The molecule has 0 aliphatic heterocycles. The van der Waals surface area contributed by atoms with Gasteiger partial charge >= 0.3 is 0 Å². The van der Waals surface area contributed by atoms with Gasteiger partial charge in [0.1, 0.15) is 0 Å². The zero-order valence-electron chi connectivity index (χ0n) is 12.4. The van der Waals surface area contributed by atoms with Gasteiger partial charge in [0.25, 0.3) is 0 Å². The molecule has 0 aromatic heterocycles. The minimum absolute atomic E-state index is 0.0740. The second-order valence-corrected chi connectivity index (χ2v) is 6.26. The largest absolute Gasteiger partial charge is 0.325 e. The van der Waals surface area contributed by atoms with Crippen molar-refractivity contribution >= 4 is 46.4 Å². The van der Waals surface area contributed by atoms with Gasteiger partial charge in [0.05, 0.1) is 10.7 Å². The van der Waals surface area contributed by atoms with Crippen molar-refractivity contribution in [2.45, 2.75) is 12.8 Å². The zero-order valence-corrected chi connectivity index (χ0v) is 14.7. The number of amides is 1. The van der Waals surface area contributed by atoms with E-state index in [2.05, 4.69) is 10.6 Å². The van der Waals surface area contributed by atoms with Crippen LogP contribution in [0.2, 0.25) is 15.1 Å². The van der Waals surface area contributed by atoms with Crippen LogP contribution in [0.4, 0.5) is 5.69 Å². The van der Waals surface area contributed by atoms with E-state index >= 15 is 0 Å². The molecule has 3 nitrogen and oxygen atoms in total. The Kier molecular flexibility index (Phi) is 7.18. The molecule has 0 bridgehead atoms. The summed E-state index contributed by atoms with van der Waals surface area (Å²) in [5.74, 6) is -0.0740. The number of hydrogen-bond donors (Lipinski definition) is 2. The SMILES string of the molecule is O=C(CCNCCc1ccc(Cl)cc1Cl)Nc1ccccc1Cl. The third-order valence-electron chi connectivity index (χ3n) is 3.26. The predicted octanol–water partition coefficient (Wildman–Crippen LogP) is 4.81. The molecule has 2 aromatic rings. The molecule has 0 unspecified atom stereocenters. The molecule has 0 saturated carbocycles. The number of anilines is 1. The normalized spacial score (nSPS) is 10.6. The van der Waals surface area contributed by atoms with Crippen molar-refractivity contribution < 1.29 is 4.79 Å². The predicted molar refractivity (Wildman–Crippen MR) is 97.7 cm³/mol. The van der Waals surface area contributed by atoms with Gasteiger partial charge in [0, 0.05) is 23.0 Å². The molecule has 2 N–H and O–H groups in total. The minimum Gasteiger partial charge on any atom is -0.325 e. The van der Waals surface area contributed by atoms with Crippen molar-refractivity contribution in [3.63, 3.8) is 0 Å². The van der Waals surface area contributed by atoms with Gasteiger partial charge in [-0.25, -0.2) is 0 Å². The number of halogens is 3. The molecular formula is C17H17Cl3N2O. The fourth-order valence-corrected chi connectivity index (χ4v) is 2.74. The van der Waals surface area contributed by atoms with E-state index in [1.165, 1.54) is 0 Å². The molecule has 0 heterocycles. The first-order valence-electron chi connectivity index (χ1n) is 7.25. The Balaban J connectivity index is 1.67. The maximum atomic E-state index is 11.8. The first-order valence-corrected chi connectivity index (χ1v) is 8.38. The smallest absolute Gasteiger partial charge is 0.225 e. The Morgan fingerprint density at radius 1 is 0.957 bits per heavy atom. The second kappa shape index (κ2) is 9.14. The second-order valence-electron chi connectivity index (χ2n) is 5.01. The van der Waals surface area contributed by atoms with Crippen molar-refractivity contribution in [3.8, 4) is 0 Å². The van der Waals surface area contributed by atoms with Gasteiger partial charge in [-0.3, -0.25) is 4.79 Å². The number of nitrogens with one attached hydrogen (secondary N) is 2. The Labute approximate surface area is 150 Å². The monoisotopic (exact) mass is 370 g/mol. The number of benzene rings is 2. The fraction of sp³-hybridized carbons (Fsp3) is 0.235. The molecule has 0 radical (unpaired) electrons. The average Bonchev–Trinajstić information content (AvgIpc) is 2.51. The summed E-state index contributed by atoms with van der Waals surface area (Å²) >= 11 is 18.0. The third kappa shape index (κ3) is 6.04. The van der Waals surface area contributed by atoms with Crippen molar-refractivity contribution in [2.75, 3.05) is 18.4 Å². The van der Waals surface area contributed by atoms with Crippen LogP contribution in [0.15, 0.2) is 42.5 Å². The minimum atomic E-state index is -0.0740. The van der Waals surface area contributed by atoms with Crippen LogP contribution in [0.5, 0.6) is 0 Å². The summed E-state index contributed by atoms with van der Waals surface area (Å²) in [4.78, 5) is 11.8. The highest BCUT2D eigenvalue weighted by atomic mass is 35.5. The lowest BCUT2D eigenvalue weighted by Gasteiger charge is -2.08. The molecule has 2 aromatic carbocycles. The van der Waals surface area contributed by atoms with Crippen molar-refractivity contribution in [3.05, 3.63) is 63.1 Å². The highest BCUT2D eigenvalue weighted by Gasteiger charge is 2.05. The summed E-state index contributed by atoms with van der Waals surface area (Å²) in [5, 5.41) is 7.83. The summed E-state index contributed by atoms with van der Waals surface area (Å²) in [6.45, 7) is 1.32. The molecular weight excluding hydrogens is 355 g/mol. The highest BCUT2D eigenvalue weighted by molar-refractivity contribution is 6.35. The maximum absolute atomic E-state index is 11.8. The quantitative estimate of drug-likeness (QED) is 0.686. The number of para-hydroxylation sites is 1. The lowest BCUT2D eigenvalue weighted by atomic mass is 10.1. The zero-order chi connectivity index (χ0) is 16.7. The van der Waals surface area contributed by atoms with Crippen LogP contribution >= 0.6 is 34.8 Å². The summed E-state index contributed by atoms with van der Waals surface area (Å²) in [6, 6.07) is 12.6. The average molecular weight is 372 g/mol. The van der Waals surface area contributed by atoms with Gasteiger partial charge < -0.3 is 10.6 Å². The standard InChI is InChI=1S/C17H17Cl3N2O/c18-13-6-5-12(15(20)11-13)7-9-21-10-8-17(23)22-16-4-2-1-3-14(16)19/h1-6,11,21H,7-10H2,(H,22,23). The summed E-state index contributed by atoms with van der Waals surface area (Å²) in [6.07, 6.45) is 1.15. The molecule has 0 atom stereocenters. The lowest BCUT2D eigenvalue weighted by molar-refractivity contribution is -0.116. The van der Waals surface area contributed by atoms with Crippen LogP contribution in [0.1, 0.15) is 12.0 Å². The van der Waals surface area contributed by atoms with Crippen LogP contribution in [0.3, 0.4) is 0 Å². The van der Waals surface area contributed by atoms with E-state index in [0.29, 0.717) is 33.7 Å². The van der Waals surface area contributed by atoms with E-state index in [-0.39, 0.29) is 5.91 Å². The van der Waals surface area contributed by atoms with Crippen LogP contribution in [-0.4, -0.2) is 19.0 Å². The van der Waals surface area contributed by atoms with E-state index in [0.717, 1.165) is 18.5 Å². The van der Waals surface area contributed by atoms with Gasteiger partial charge in [-0.05, 0) is 42.8 Å². The molecule has 0 saturated heterocycles. The Morgan fingerprint density at radius 3 is 2.48 bits per heavy atom. The van der Waals surface area contributed by atoms with E-state index < -0.39 is 0 Å². The molecule has 6 heteroatoms. The fourth-order valence-electron chi connectivity index (χ4n) is 2.05. The summed E-state index contributed by atoms with van der Waals surface area (Å²) < 4.78 is 0. The van der Waals surface area contributed by atoms with E-state index in [9.17, 15) is 4.79 Å². The molecule has 23 heavy (non-hydrogen) atoms. The molecule has 0 fully saturated rings. The topological polar surface area (TPSA) is 41.1 Å². The molecule has 1 amide bonds. The first kappa shape index (κ1) is 18.1. The number of carbonyl (C=O) groups excluding carboxylic acids is 1. The van der Waals surface area contributed by atoms with Gasteiger partial charge in [-0.15, -0.1) is 0 Å². The Morgan fingerprint density at radius 2 is 1.74 bits per heavy atom. The van der Waals surface area contributed by atoms with Crippen LogP contribution in [0.25, 0.3) is 0 Å². The van der Waals surface area contributed by atoms with Crippen LogP contribution < -0.4 is 10.6 Å². The molecule has 0 aliphatic rings. The number of rotatable bonds is 7. The lowest BCUT2D eigenvalue weighted by Crippen LogP contribution is -2.23. The van der Waals surface area contributed by atoms with Crippen molar-refractivity contribution in [1.82, 2.24) is 5.32 Å². The van der Waals surface area contributed by atoms with Crippen LogP contribution in [0, 0.1) is 0 Å². The summed E-state index contributed by atoms with van der Waals surface area (Å²) in [7, 11) is 0. The van der Waals surface area contributed by atoms with Crippen molar-refractivity contribution in [2.24, 2.45) is 0 Å². The Hall–Kier alpha value is -1.26. The van der Waals surface area contributed by atoms with E-state index in [1.807, 2.05) is 24.3 Å². The first-order chi connectivity index (χ1) is 11.1. The van der Waals surface area contributed by atoms with E-state index in [4.69, 9.17) is 34.8 Å². The number of carbonyl (C=O) groups is 1. The Bertz CT molecular complexity index is 677. The van der Waals surface area contributed by atoms with Crippen LogP contribution in [-0.2, 0) is 11.2 Å². The van der Waals surface area contributed by atoms with Gasteiger partial charge in [0.15, 0.2) is 0 Å². The van der Waals surface area contributed by atoms with E-state index in [1.54, 1.807) is 18.2 Å². The molecule has 0 spiro atoms. The molecule has 122 valence electrons.